The lowest BCUT2D eigenvalue weighted by Crippen LogP contribution is -2.16. The SMILES string of the molecule is Cc1nccc(NCCC(CCC(=O)O)C(C)C)n1. The Bertz CT molecular complexity index is 407. The molecule has 5 nitrogen and oxygen atoms in total. The van der Waals surface area contributed by atoms with Gasteiger partial charge in [-0.15, -0.1) is 0 Å². The summed E-state index contributed by atoms with van der Waals surface area (Å²) in [5, 5.41) is 12.0. The average molecular weight is 265 g/mol. The van der Waals surface area contributed by atoms with Gasteiger partial charge < -0.3 is 10.4 Å². The monoisotopic (exact) mass is 265 g/mol. The Morgan fingerprint density at radius 3 is 2.74 bits per heavy atom. The van der Waals surface area contributed by atoms with Crippen molar-refractivity contribution in [3.8, 4) is 0 Å². The summed E-state index contributed by atoms with van der Waals surface area (Å²) >= 11 is 0. The number of nitrogens with one attached hydrogen (secondary N) is 1. The molecular formula is C14H23N3O2. The second-order valence-corrected chi connectivity index (χ2v) is 5.14. The third-order valence-corrected chi connectivity index (χ3v) is 3.27. The molecule has 0 fully saturated rings. The first-order valence-corrected chi connectivity index (χ1v) is 6.74. The standard InChI is InChI=1S/C14H23N3O2/c1-10(2)12(4-5-14(18)19)6-8-16-13-7-9-15-11(3)17-13/h7,9-10,12H,4-6,8H2,1-3H3,(H,18,19)(H,15,16,17). The summed E-state index contributed by atoms with van der Waals surface area (Å²) in [7, 11) is 0. The Morgan fingerprint density at radius 1 is 1.42 bits per heavy atom. The van der Waals surface area contributed by atoms with E-state index in [1.54, 1.807) is 6.20 Å². The van der Waals surface area contributed by atoms with Crippen molar-refractivity contribution < 1.29 is 9.90 Å². The number of hydrogen-bond donors (Lipinski definition) is 2. The van der Waals surface area contributed by atoms with Crippen LogP contribution in [0, 0.1) is 18.8 Å². The zero-order chi connectivity index (χ0) is 14.3. The molecular weight excluding hydrogens is 242 g/mol. The van der Waals surface area contributed by atoms with Crippen molar-refractivity contribution in [2.24, 2.45) is 11.8 Å². The minimum atomic E-state index is -0.718. The fourth-order valence-corrected chi connectivity index (χ4v) is 2.06. The van der Waals surface area contributed by atoms with Crippen molar-refractivity contribution in [3.05, 3.63) is 18.1 Å². The highest BCUT2D eigenvalue weighted by Gasteiger charge is 2.14. The van der Waals surface area contributed by atoms with E-state index < -0.39 is 5.97 Å². The molecule has 106 valence electrons. The fraction of sp³-hybridized carbons (Fsp3) is 0.643. The summed E-state index contributed by atoms with van der Waals surface area (Å²) in [6.45, 7) is 6.94. The van der Waals surface area contributed by atoms with E-state index in [1.807, 2.05) is 13.0 Å². The van der Waals surface area contributed by atoms with Crippen molar-refractivity contribution in [1.82, 2.24) is 9.97 Å². The summed E-state index contributed by atoms with van der Waals surface area (Å²) in [4.78, 5) is 18.9. The summed E-state index contributed by atoms with van der Waals surface area (Å²) in [6, 6.07) is 1.84. The van der Waals surface area contributed by atoms with Gasteiger partial charge in [0.2, 0.25) is 0 Å². The van der Waals surface area contributed by atoms with Crippen LogP contribution in [0.25, 0.3) is 0 Å². The first kappa shape index (κ1) is 15.4. The van der Waals surface area contributed by atoms with E-state index in [-0.39, 0.29) is 6.42 Å². The summed E-state index contributed by atoms with van der Waals surface area (Å²) < 4.78 is 0. The molecule has 2 N–H and O–H groups in total. The molecule has 0 amide bonds. The topological polar surface area (TPSA) is 75.1 Å². The van der Waals surface area contributed by atoms with Crippen LogP contribution in [0.15, 0.2) is 12.3 Å². The van der Waals surface area contributed by atoms with E-state index in [4.69, 9.17) is 5.11 Å². The molecule has 5 heteroatoms. The molecule has 1 aromatic rings. The molecule has 0 radical (unpaired) electrons. The molecule has 0 spiro atoms. The zero-order valence-electron chi connectivity index (χ0n) is 11.9. The molecule has 0 saturated carbocycles. The normalized spacial score (nSPS) is 12.4. The van der Waals surface area contributed by atoms with Gasteiger partial charge in [-0.2, -0.15) is 0 Å². The smallest absolute Gasteiger partial charge is 0.303 e. The minimum Gasteiger partial charge on any atom is -0.481 e. The summed E-state index contributed by atoms with van der Waals surface area (Å²) in [5.41, 5.74) is 0. The van der Waals surface area contributed by atoms with Crippen molar-refractivity contribution in [1.29, 1.82) is 0 Å². The third kappa shape index (κ3) is 6.18. The van der Waals surface area contributed by atoms with E-state index in [9.17, 15) is 4.79 Å². The van der Waals surface area contributed by atoms with Gasteiger partial charge in [0.25, 0.3) is 0 Å². The van der Waals surface area contributed by atoms with E-state index in [0.717, 1.165) is 31.0 Å². The van der Waals surface area contributed by atoms with Gasteiger partial charge in [-0.25, -0.2) is 9.97 Å². The lowest BCUT2D eigenvalue weighted by atomic mass is 9.88. The highest BCUT2D eigenvalue weighted by Crippen LogP contribution is 2.21. The van der Waals surface area contributed by atoms with Crippen molar-refractivity contribution in [3.63, 3.8) is 0 Å². The average Bonchev–Trinajstić information content (AvgIpc) is 2.32. The lowest BCUT2D eigenvalue weighted by Gasteiger charge is -2.20. The number of aromatic nitrogens is 2. The number of anilines is 1. The maximum Gasteiger partial charge on any atom is 0.303 e. The van der Waals surface area contributed by atoms with Crippen LogP contribution in [0.3, 0.4) is 0 Å². The highest BCUT2D eigenvalue weighted by atomic mass is 16.4. The predicted octanol–water partition coefficient (Wildman–Crippen LogP) is 2.72. The van der Waals surface area contributed by atoms with Gasteiger partial charge in [0.05, 0.1) is 0 Å². The molecule has 0 bridgehead atoms. The van der Waals surface area contributed by atoms with Gasteiger partial charge in [0, 0.05) is 19.2 Å². The number of nitrogens with zero attached hydrogens (tertiary/aromatic N) is 2. The van der Waals surface area contributed by atoms with Crippen LogP contribution in [-0.4, -0.2) is 27.6 Å². The molecule has 1 aromatic heterocycles. The van der Waals surface area contributed by atoms with Crippen molar-refractivity contribution in [2.45, 2.75) is 40.0 Å². The van der Waals surface area contributed by atoms with Gasteiger partial charge in [0.1, 0.15) is 11.6 Å². The molecule has 1 rings (SSSR count). The fourth-order valence-electron chi connectivity index (χ4n) is 2.06. The molecule has 1 unspecified atom stereocenters. The first-order chi connectivity index (χ1) is 8.99. The van der Waals surface area contributed by atoms with E-state index >= 15 is 0 Å². The number of carboxylic acid groups (broad SMARTS) is 1. The van der Waals surface area contributed by atoms with Gasteiger partial charge in [0.15, 0.2) is 0 Å². The molecule has 0 aromatic carbocycles. The molecule has 0 aliphatic heterocycles. The number of carbonyl (C=O) groups is 1. The number of aryl methyl sites for hydroxylation is 1. The Morgan fingerprint density at radius 2 is 2.16 bits per heavy atom. The predicted molar refractivity (Wildman–Crippen MR) is 75.1 cm³/mol. The molecule has 0 aliphatic rings. The largest absolute Gasteiger partial charge is 0.481 e. The van der Waals surface area contributed by atoms with Crippen LogP contribution in [0.5, 0.6) is 0 Å². The zero-order valence-corrected chi connectivity index (χ0v) is 11.9. The summed E-state index contributed by atoms with van der Waals surface area (Å²) in [5.74, 6) is 1.77. The van der Waals surface area contributed by atoms with Crippen LogP contribution in [0.4, 0.5) is 5.82 Å². The second kappa shape index (κ2) is 7.71. The van der Waals surface area contributed by atoms with Gasteiger partial charge in [-0.05, 0) is 37.7 Å². The van der Waals surface area contributed by atoms with E-state index in [2.05, 4.69) is 29.1 Å². The van der Waals surface area contributed by atoms with Crippen LogP contribution >= 0.6 is 0 Å². The molecule has 0 aliphatic carbocycles. The molecule has 19 heavy (non-hydrogen) atoms. The Balaban J connectivity index is 2.37. The second-order valence-electron chi connectivity index (χ2n) is 5.14. The number of rotatable bonds is 8. The van der Waals surface area contributed by atoms with E-state index in [0.29, 0.717) is 11.8 Å². The van der Waals surface area contributed by atoms with Gasteiger partial charge >= 0.3 is 5.97 Å². The Kier molecular flexibility index (Phi) is 6.25. The minimum absolute atomic E-state index is 0.245. The third-order valence-electron chi connectivity index (χ3n) is 3.27. The van der Waals surface area contributed by atoms with Crippen LogP contribution < -0.4 is 5.32 Å². The molecule has 1 atom stereocenters. The Hall–Kier alpha value is -1.65. The van der Waals surface area contributed by atoms with Gasteiger partial charge in [-0.1, -0.05) is 13.8 Å². The summed E-state index contributed by atoms with van der Waals surface area (Å²) in [6.07, 6.45) is 3.66. The molecule has 1 heterocycles. The molecule has 0 saturated heterocycles. The quantitative estimate of drug-likeness (QED) is 0.756. The first-order valence-electron chi connectivity index (χ1n) is 6.74. The van der Waals surface area contributed by atoms with Crippen molar-refractivity contribution >= 4 is 11.8 Å². The maximum absolute atomic E-state index is 10.6. The number of aliphatic carboxylic acids is 1. The van der Waals surface area contributed by atoms with Crippen LogP contribution in [0.1, 0.15) is 38.9 Å². The number of hydrogen-bond acceptors (Lipinski definition) is 4. The van der Waals surface area contributed by atoms with Crippen LogP contribution in [-0.2, 0) is 4.79 Å². The van der Waals surface area contributed by atoms with Crippen molar-refractivity contribution in [2.75, 3.05) is 11.9 Å². The maximum atomic E-state index is 10.6. The highest BCUT2D eigenvalue weighted by molar-refractivity contribution is 5.66. The lowest BCUT2D eigenvalue weighted by molar-refractivity contribution is -0.137. The van der Waals surface area contributed by atoms with Gasteiger partial charge in [-0.3, -0.25) is 4.79 Å². The Labute approximate surface area is 114 Å². The van der Waals surface area contributed by atoms with Crippen LogP contribution in [0.2, 0.25) is 0 Å². The van der Waals surface area contributed by atoms with E-state index in [1.165, 1.54) is 0 Å². The number of carboxylic acids is 1.